The fourth-order valence-corrected chi connectivity index (χ4v) is 5.51. The lowest BCUT2D eigenvalue weighted by Gasteiger charge is -2.40. The topological polar surface area (TPSA) is 146 Å². The molecule has 1 aliphatic carbocycles. The van der Waals surface area contributed by atoms with Gasteiger partial charge < -0.3 is 15.8 Å². The van der Waals surface area contributed by atoms with Crippen LogP contribution in [0.1, 0.15) is 48.0 Å². The summed E-state index contributed by atoms with van der Waals surface area (Å²) in [6.07, 6.45) is 5.37. The van der Waals surface area contributed by atoms with Crippen LogP contribution in [-0.2, 0) is 36.4 Å². The summed E-state index contributed by atoms with van der Waals surface area (Å²) in [5.41, 5.74) is 6.74. The average Bonchev–Trinajstić information content (AvgIpc) is 3.37. The van der Waals surface area contributed by atoms with Crippen molar-refractivity contribution in [2.45, 2.75) is 55.2 Å². The quantitative estimate of drug-likeness (QED) is 0.334. The molecule has 0 spiro atoms. The zero-order valence-electron chi connectivity index (χ0n) is 22.9. The number of rotatable bonds is 11. The van der Waals surface area contributed by atoms with E-state index in [0.717, 1.165) is 11.8 Å². The summed E-state index contributed by atoms with van der Waals surface area (Å²) in [7, 11) is -0.379. The number of benzene rings is 2. The molecule has 3 N–H and O–H groups in total. The maximum absolute atomic E-state index is 13.0. The summed E-state index contributed by atoms with van der Waals surface area (Å²) in [5.74, 6) is -0.695. The van der Waals surface area contributed by atoms with Crippen LogP contribution in [0.15, 0.2) is 65.7 Å². The first-order valence-corrected chi connectivity index (χ1v) is 14.8. The van der Waals surface area contributed by atoms with Gasteiger partial charge in [0.2, 0.25) is 5.91 Å². The van der Waals surface area contributed by atoms with E-state index in [9.17, 15) is 18.0 Å². The Kier molecular flexibility index (Phi) is 8.92. The SMILES string of the molecule is CON(C)C(=O)CC1(n2cc(C(N)=O)c(Nc3ccc(S(C)(=O)=O)cc3)n2)CCC(OCc2ccccc2)CC1. The molecule has 1 aromatic heterocycles. The maximum atomic E-state index is 13.0. The van der Waals surface area contributed by atoms with E-state index in [2.05, 4.69) is 10.4 Å². The van der Waals surface area contributed by atoms with Crippen molar-refractivity contribution in [2.75, 3.05) is 25.7 Å². The Morgan fingerprint density at radius 1 is 1.12 bits per heavy atom. The zero-order chi connectivity index (χ0) is 28.9. The lowest BCUT2D eigenvalue weighted by atomic mass is 9.77. The van der Waals surface area contributed by atoms with E-state index in [4.69, 9.17) is 15.3 Å². The molecule has 3 aromatic rings. The van der Waals surface area contributed by atoms with Crippen LogP contribution in [0, 0.1) is 0 Å². The van der Waals surface area contributed by atoms with E-state index in [1.165, 1.54) is 24.3 Å². The number of nitrogens with zero attached hydrogens (tertiary/aromatic N) is 3. The van der Waals surface area contributed by atoms with Crippen molar-refractivity contribution < 1.29 is 27.6 Å². The van der Waals surface area contributed by atoms with Gasteiger partial charge in [-0.25, -0.2) is 13.5 Å². The predicted molar refractivity (Wildman–Crippen MR) is 149 cm³/mol. The molecule has 12 heteroatoms. The molecule has 0 radical (unpaired) electrons. The second-order valence-electron chi connectivity index (χ2n) is 10.1. The predicted octanol–water partition coefficient (Wildman–Crippen LogP) is 3.39. The number of aromatic nitrogens is 2. The number of hydrogen-bond acceptors (Lipinski definition) is 8. The van der Waals surface area contributed by atoms with E-state index in [1.807, 2.05) is 30.3 Å². The lowest BCUT2D eigenvalue weighted by molar-refractivity contribution is -0.172. The molecular formula is C28H35N5O6S. The first-order chi connectivity index (χ1) is 19.0. The molecule has 1 aliphatic rings. The highest BCUT2D eigenvalue weighted by Crippen LogP contribution is 2.40. The molecule has 1 saturated carbocycles. The van der Waals surface area contributed by atoms with Gasteiger partial charge in [0, 0.05) is 25.2 Å². The van der Waals surface area contributed by atoms with Gasteiger partial charge in [0.25, 0.3) is 5.91 Å². The van der Waals surface area contributed by atoms with E-state index in [1.54, 1.807) is 30.1 Å². The van der Waals surface area contributed by atoms with E-state index in [-0.39, 0.29) is 34.7 Å². The largest absolute Gasteiger partial charge is 0.374 e. The minimum absolute atomic E-state index is 0.0146. The normalized spacial score (nSPS) is 19.2. The number of ether oxygens (including phenoxy) is 1. The summed E-state index contributed by atoms with van der Waals surface area (Å²) in [6, 6.07) is 16.1. The molecular weight excluding hydrogens is 534 g/mol. The van der Waals surface area contributed by atoms with Crippen LogP contribution >= 0.6 is 0 Å². The molecule has 1 heterocycles. The lowest BCUT2D eigenvalue weighted by Crippen LogP contribution is -2.44. The Labute approximate surface area is 234 Å². The zero-order valence-corrected chi connectivity index (χ0v) is 23.7. The van der Waals surface area contributed by atoms with Crippen molar-refractivity contribution in [2.24, 2.45) is 5.73 Å². The Morgan fingerprint density at radius 2 is 1.77 bits per heavy atom. The number of hydroxylamine groups is 2. The van der Waals surface area contributed by atoms with Crippen molar-refractivity contribution >= 4 is 33.2 Å². The fourth-order valence-electron chi connectivity index (χ4n) is 4.88. The van der Waals surface area contributed by atoms with Gasteiger partial charge in [-0.05, 0) is 55.5 Å². The molecule has 0 bridgehead atoms. The number of sulfone groups is 1. The van der Waals surface area contributed by atoms with E-state index < -0.39 is 21.3 Å². The minimum Gasteiger partial charge on any atom is -0.374 e. The number of hydrogen-bond donors (Lipinski definition) is 2. The molecule has 40 heavy (non-hydrogen) atoms. The number of amides is 2. The minimum atomic E-state index is -3.36. The van der Waals surface area contributed by atoms with Gasteiger partial charge in [-0.3, -0.25) is 19.1 Å². The molecule has 4 rings (SSSR count). The molecule has 0 unspecified atom stereocenters. The van der Waals surface area contributed by atoms with E-state index in [0.29, 0.717) is 38.0 Å². The van der Waals surface area contributed by atoms with Crippen LogP contribution in [0.4, 0.5) is 11.5 Å². The molecule has 0 saturated heterocycles. The molecule has 2 aromatic carbocycles. The molecule has 214 valence electrons. The fraction of sp³-hybridized carbons (Fsp3) is 0.393. The van der Waals surface area contributed by atoms with Crippen LogP contribution in [-0.4, -0.2) is 61.6 Å². The molecule has 0 atom stereocenters. The molecule has 0 aliphatic heterocycles. The van der Waals surface area contributed by atoms with Gasteiger partial charge >= 0.3 is 0 Å². The molecule has 1 fully saturated rings. The second-order valence-corrected chi connectivity index (χ2v) is 12.1. The third-order valence-corrected chi connectivity index (χ3v) is 8.44. The first-order valence-electron chi connectivity index (χ1n) is 12.9. The third kappa shape index (κ3) is 6.87. The summed E-state index contributed by atoms with van der Waals surface area (Å²) >= 11 is 0. The van der Waals surface area contributed by atoms with Crippen molar-refractivity contribution in [3.63, 3.8) is 0 Å². The van der Waals surface area contributed by atoms with Gasteiger partial charge in [-0.15, -0.1) is 0 Å². The summed E-state index contributed by atoms with van der Waals surface area (Å²) in [6.45, 7) is 0.504. The first kappa shape index (κ1) is 29.2. The van der Waals surface area contributed by atoms with Crippen molar-refractivity contribution in [1.82, 2.24) is 14.8 Å². The van der Waals surface area contributed by atoms with Crippen molar-refractivity contribution in [1.29, 1.82) is 0 Å². The summed E-state index contributed by atoms with van der Waals surface area (Å²) < 4.78 is 31.4. The highest BCUT2D eigenvalue weighted by atomic mass is 32.2. The maximum Gasteiger partial charge on any atom is 0.254 e. The van der Waals surface area contributed by atoms with Crippen molar-refractivity contribution in [3.05, 3.63) is 71.9 Å². The Bertz CT molecular complexity index is 1430. The standard InChI is InChI=1S/C28H35N5O6S/c1-32(38-2)25(34)17-28(15-13-22(14-16-28)39-19-20-7-5-4-6-8-20)33-18-24(26(29)35)27(31-33)30-21-9-11-23(12-10-21)40(3,36)37/h4-12,18,22H,13-17,19H2,1-3H3,(H2,29,35)(H,30,31). The Morgan fingerprint density at radius 3 is 2.35 bits per heavy atom. The number of nitrogens with one attached hydrogen (secondary N) is 1. The van der Waals surface area contributed by atoms with Crippen molar-refractivity contribution in [3.8, 4) is 0 Å². The number of primary amides is 1. The van der Waals surface area contributed by atoms with Gasteiger partial charge in [0.05, 0.1) is 36.7 Å². The monoisotopic (exact) mass is 569 g/mol. The van der Waals surface area contributed by atoms with Crippen LogP contribution < -0.4 is 11.1 Å². The van der Waals surface area contributed by atoms with Crippen LogP contribution in [0.5, 0.6) is 0 Å². The average molecular weight is 570 g/mol. The van der Waals surface area contributed by atoms with Gasteiger partial charge in [0.15, 0.2) is 15.7 Å². The van der Waals surface area contributed by atoms with Gasteiger partial charge in [-0.2, -0.15) is 5.10 Å². The van der Waals surface area contributed by atoms with E-state index >= 15 is 0 Å². The van der Waals surface area contributed by atoms with Crippen LogP contribution in [0.25, 0.3) is 0 Å². The second kappa shape index (κ2) is 12.2. The number of carbonyl (C=O) groups is 2. The van der Waals surface area contributed by atoms with Crippen LogP contribution in [0.2, 0.25) is 0 Å². The van der Waals surface area contributed by atoms with Crippen LogP contribution in [0.3, 0.4) is 0 Å². The summed E-state index contributed by atoms with van der Waals surface area (Å²) in [4.78, 5) is 30.7. The highest BCUT2D eigenvalue weighted by molar-refractivity contribution is 7.90. The van der Waals surface area contributed by atoms with Gasteiger partial charge in [0.1, 0.15) is 5.56 Å². The smallest absolute Gasteiger partial charge is 0.254 e. The third-order valence-electron chi connectivity index (χ3n) is 7.31. The highest BCUT2D eigenvalue weighted by Gasteiger charge is 2.41. The Hall–Kier alpha value is -3.74. The number of carbonyl (C=O) groups excluding carboxylic acids is 2. The Balaban J connectivity index is 1.59. The number of anilines is 2. The molecule has 2 amide bonds. The number of nitrogens with two attached hydrogens (primary N) is 1. The summed E-state index contributed by atoms with van der Waals surface area (Å²) in [5, 5.41) is 8.94. The molecule has 11 nitrogen and oxygen atoms in total. The van der Waals surface area contributed by atoms with Gasteiger partial charge in [-0.1, -0.05) is 30.3 Å².